The Hall–Kier alpha value is -0.890. The first-order valence-electron chi connectivity index (χ1n) is 10.1. The number of ether oxygens (including phenoxy) is 2. The third kappa shape index (κ3) is 7.85. The molecule has 1 aromatic carbocycles. The van der Waals surface area contributed by atoms with Gasteiger partial charge in [-0.2, -0.15) is 0 Å². The van der Waals surface area contributed by atoms with Gasteiger partial charge in [0.2, 0.25) is 0 Å². The van der Waals surface area contributed by atoms with Gasteiger partial charge in [-0.25, -0.2) is 0 Å². The third-order valence-corrected chi connectivity index (χ3v) is 5.47. The minimum Gasteiger partial charge on any atom is -0.491 e. The summed E-state index contributed by atoms with van der Waals surface area (Å²) >= 11 is 6.18. The zero-order valence-corrected chi connectivity index (χ0v) is 18.3. The molecule has 1 heterocycles. The largest absolute Gasteiger partial charge is 0.491 e. The van der Waals surface area contributed by atoms with E-state index in [2.05, 4.69) is 9.80 Å². The molecule has 7 heteroatoms. The quantitative estimate of drug-likeness (QED) is 0.611. The van der Waals surface area contributed by atoms with Crippen molar-refractivity contribution in [3.05, 3.63) is 28.3 Å². The molecule has 160 valence electrons. The first-order valence-corrected chi connectivity index (χ1v) is 10.4. The van der Waals surface area contributed by atoms with Crippen molar-refractivity contribution in [2.75, 3.05) is 52.5 Å². The lowest BCUT2D eigenvalue weighted by molar-refractivity contribution is -0.0176. The molecule has 2 rings (SSSR count). The maximum Gasteiger partial charge on any atom is 0.120 e. The average molecular weight is 415 g/mol. The van der Waals surface area contributed by atoms with Crippen molar-refractivity contribution in [1.82, 2.24) is 9.80 Å². The van der Waals surface area contributed by atoms with Crippen LogP contribution in [0.2, 0.25) is 5.02 Å². The van der Waals surface area contributed by atoms with Gasteiger partial charge in [0.1, 0.15) is 18.5 Å². The summed E-state index contributed by atoms with van der Waals surface area (Å²) in [6.45, 7) is 13.2. The molecule has 1 aliphatic heterocycles. The van der Waals surface area contributed by atoms with E-state index in [1.807, 2.05) is 39.8 Å². The van der Waals surface area contributed by atoms with Crippen LogP contribution in [0.3, 0.4) is 0 Å². The highest BCUT2D eigenvalue weighted by atomic mass is 35.5. The Kier molecular flexibility index (Phi) is 9.47. The van der Waals surface area contributed by atoms with Crippen LogP contribution in [-0.4, -0.2) is 90.8 Å². The van der Waals surface area contributed by atoms with E-state index in [-0.39, 0.29) is 12.7 Å². The van der Waals surface area contributed by atoms with Crippen molar-refractivity contribution in [1.29, 1.82) is 0 Å². The van der Waals surface area contributed by atoms with Gasteiger partial charge in [-0.3, -0.25) is 9.80 Å². The molecule has 1 fully saturated rings. The summed E-state index contributed by atoms with van der Waals surface area (Å²) in [5.41, 5.74) is 1.95. The van der Waals surface area contributed by atoms with E-state index in [9.17, 15) is 10.2 Å². The van der Waals surface area contributed by atoms with Crippen LogP contribution in [0.4, 0.5) is 0 Å². The molecule has 6 nitrogen and oxygen atoms in total. The number of aliphatic hydroxyl groups excluding tert-OH is 2. The summed E-state index contributed by atoms with van der Waals surface area (Å²) in [5.74, 6) is 0.737. The predicted octanol–water partition coefficient (Wildman–Crippen LogP) is 2.10. The van der Waals surface area contributed by atoms with Crippen molar-refractivity contribution >= 4 is 11.6 Å². The molecule has 0 saturated carbocycles. The lowest BCUT2D eigenvalue weighted by atomic mass is 10.1. The maximum absolute atomic E-state index is 10.3. The number of aliphatic hydroxyl groups is 2. The molecule has 2 N–H and O–H groups in total. The fourth-order valence-electron chi connectivity index (χ4n) is 3.34. The number of hydrogen-bond donors (Lipinski definition) is 2. The zero-order chi connectivity index (χ0) is 20.7. The molecule has 28 heavy (non-hydrogen) atoms. The van der Waals surface area contributed by atoms with Crippen LogP contribution in [0.25, 0.3) is 0 Å². The van der Waals surface area contributed by atoms with Crippen molar-refractivity contribution in [3.63, 3.8) is 0 Å². The predicted molar refractivity (Wildman–Crippen MR) is 112 cm³/mol. The number of piperazine rings is 1. The van der Waals surface area contributed by atoms with Gasteiger partial charge >= 0.3 is 0 Å². The van der Waals surface area contributed by atoms with Crippen molar-refractivity contribution in [2.24, 2.45) is 0 Å². The number of benzene rings is 1. The van der Waals surface area contributed by atoms with Crippen LogP contribution >= 0.6 is 11.6 Å². The number of β-amino-alcohol motifs (C(OH)–C–C–N with tert-alkyl or cyclic N) is 2. The minimum absolute atomic E-state index is 0.135. The number of aryl methyl sites for hydroxylation is 2. The molecule has 1 aromatic rings. The maximum atomic E-state index is 10.3. The number of nitrogens with zero attached hydrogens (tertiary/aromatic N) is 2. The lowest BCUT2D eigenvalue weighted by Crippen LogP contribution is -2.51. The van der Waals surface area contributed by atoms with Gasteiger partial charge in [-0.15, -0.1) is 0 Å². The van der Waals surface area contributed by atoms with Gasteiger partial charge < -0.3 is 19.7 Å². The summed E-state index contributed by atoms with van der Waals surface area (Å²) in [5, 5.41) is 21.1. The highest BCUT2D eigenvalue weighted by Crippen LogP contribution is 2.25. The van der Waals surface area contributed by atoms with Gasteiger partial charge in [0.05, 0.1) is 18.8 Å². The number of halogens is 1. The Morgan fingerprint density at radius 3 is 1.86 bits per heavy atom. The second kappa shape index (κ2) is 11.3. The minimum atomic E-state index is -0.548. The first kappa shape index (κ1) is 23.4. The Bertz CT molecular complexity index is 583. The molecule has 0 bridgehead atoms. The van der Waals surface area contributed by atoms with E-state index in [4.69, 9.17) is 21.1 Å². The molecule has 0 unspecified atom stereocenters. The first-order chi connectivity index (χ1) is 13.2. The Labute approximate surface area is 174 Å². The van der Waals surface area contributed by atoms with Gasteiger partial charge in [-0.05, 0) is 51.0 Å². The summed E-state index contributed by atoms with van der Waals surface area (Å²) in [7, 11) is 0. The molecule has 0 radical (unpaired) electrons. The van der Waals surface area contributed by atoms with E-state index in [1.165, 1.54) is 0 Å². The second-order valence-corrected chi connectivity index (χ2v) is 8.35. The Balaban J connectivity index is 1.67. The number of rotatable bonds is 10. The molecule has 0 aliphatic carbocycles. The molecular weight excluding hydrogens is 380 g/mol. The van der Waals surface area contributed by atoms with Gasteiger partial charge in [0.15, 0.2) is 0 Å². The van der Waals surface area contributed by atoms with E-state index in [1.54, 1.807) is 0 Å². The van der Waals surface area contributed by atoms with Gasteiger partial charge in [0.25, 0.3) is 0 Å². The fourth-order valence-corrected chi connectivity index (χ4v) is 3.45. The molecule has 0 aromatic heterocycles. The topological polar surface area (TPSA) is 65.4 Å². The zero-order valence-electron chi connectivity index (χ0n) is 17.5. The molecule has 0 spiro atoms. The monoisotopic (exact) mass is 414 g/mol. The molecule has 1 aliphatic rings. The van der Waals surface area contributed by atoms with Crippen LogP contribution in [0.5, 0.6) is 5.75 Å². The van der Waals surface area contributed by atoms with E-state index < -0.39 is 12.2 Å². The Morgan fingerprint density at radius 1 is 0.929 bits per heavy atom. The van der Waals surface area contributed by atoms with Crippen LogP contribution < -0.4 is 4.74 Å². The average Bonchev–Trinajstić information content (AvgIpc) is 2.64. The van der Waals surface area contributed by atoms with Crippen molar-refractivity contribution in [2.45, 2.75) is 46.0 Å². The van der Waals surface area contributed by atoms with E-state index >= 15 is 0 Å². The Morgan fingerprint density at radius 2 is 1.39 bits per heavy atom. The smallest absolute Gasteiger partial charge is 0.120 e. The summed E-state index contributed by atoms with van der Waals surface area (Å²) in [6, 6.07) is 3.80. The molecule has 2 atom stereocenters. The van der Waals surface area contributed by atoms with Crippen LogP contribution in [0, 0.1) is 13.8 Å². The van der Waals surface area contributed by atoms with Crippen molar-refractivity contribution in [3.8, 4) is 5.75 Å². The van der Waals surface area contributed by atoms with Crippen LogP contribution in [0.15, 0.2) is 12.1 Å². The summed E-state index contributed by atoms with van der Waals surface area (Å²) in [6.07, 6.45) is -0.872. The lowest BCUT2D eigenvalue weighted by Gasteiger charge is -2.36. The van der Waals surface area contributed by atoms with E-state index in [0.29, 0.717) is 19.7 Å². The highest BCUT2D eigenvalue weighted by Gasteiger charge is 2.21. The summed E-state index contributed by atoms with van der Waals surface area (Å²) in [4.78, 5) is 4.48. The SMILES string of the molecule is Cc1cc(OC[C@H](O)CN2CCN(C[C@@H](O)COC(C)C)CC2)cc(C)c1Cl. The van der Waals surface area contributed by atoms with Crippen LogP contribution in [-0.2, 0) is 4.74 Å². The highest BCUT2D eigenvalue weighted by molar-refractivity contribution is 6.32. The third-order valence-electron chi connectivity index (χ3n) is 4.88. The fraction of sp³-hybridized carbons (Fsp3) is 0.714. The van der Waals surface area contributed by atoms with Crippen molar-refractivity contribution < 1.29 is 19.7 Å². The standard InChI is InChI=1S/C21H35ClN2O4/c1-15(2)27-13-18(25)11-23-5-7-24(8-6-23)12-19(26)14-28-20-9-16(3)21(22)17(4)10-20/h9-10,15,18-19,25-26H,5-8,11-14H2,1-4H3/t18-,19-/m1/s1. The van der Waals surface area contributed by atoms with Crippen LogP contribution in [0.1, 0.15) is 25.0 Å². The molecule has 0 amide bonds. The molecule has 1 saturated heterocycles. The van der Waals surface area contributed by atoms with E-state index in [0.717, 1.165) is 48.1 Å². The number of hydrogen-bond acceptors (Lipinski definition) is 6. The summed E-state index contributed by atoms with van der Waals surface area (Å²) < 4.78 is 11.2. The normalized spacial score (nSPS) is 18.4. The van der Waals surface area contributed by atoms with Gasteiger partial charge in [0, 0.05) is 44.3 Å². The molecular formula is C21H35ClN2O4. The second-order valence-electron chi connectivity index (χ2n) is 7.97. The van der Waals surface area contributed by atoms with Gasteiger partial charge in [-0.1, -0.05) is 11.6 Å².